The minimum atomic E-state index is 0.542. The molecule has 2 heterocycles. The lowest BCUT2D eigenvalue weighted by molar-refractivity contribution is 0.867. The molecule has 0 saturated heterocycles. The molecule has 0 unspecified atom stereocenters. The summed E-state index contributed by atoms with van der Waals surface area (Å²) in [6.45, 7) is 5.92. The van der Waals surface area contributed by atoms with Gasteiger partial charge in [0.15, 0.2) is 0 Å². The fraction of sp³-hybridized carbons (Fsp3) is 0.333. The third-order valence-corrected chi connectivity index (χ3v) is 4.82. The third-order valence-electron chi connectivity index (χ3n) is 3.93. The van der Waals surface area contributed by atoms with Crippen molar-refractivity contribution in [2.45, 2.75) is 26.2 Å². The summed E-state index contributed by atoms with van der Waals surface area (Å²) in [7, 11) is 0. The largest absolute Gasteiger partial charge is 0.369 e. The van der Waals surface area contributed by atoms with Crippen molar-refractivity contribution in [2.24, 2.45) is 5.73 Å². The van der Waals surface area contributed by atoms with Crippen molar-refractivity contribution in [1.29, 1.82) is 0 Å². The zero-order valence-corrected chi connectivity index (χ0v) is 14.4. The summed E-state index contributed by atoms with van der Waals surface area (Å²) in [4.78, 5) is 9.84. The molecule has 0 bridgehead atoms. The standard InChI is InChI=1S/C18H22N4S/c1-12(2)13-4-6-14(7-5-13)15-10-23-18-16(15)17(21-11-22-18)20-9-3-8-19/h4-7,10-12H,3,8-9,19H2,1-2H3,(H,20,21,22). The quantitative estimate of drug-likeness (QED) is 0.665. The lowest BCUT2D eigenvalue weighted by Crippen LogP contribution is -2.09. The number of aromatic nitrogens is 2. The van der Waals surface area contributed by atoms with Gasteiger partial charge in [0.25, 0.3) is 0 Å². The third kappa shape index (κ3) is 3.35. The van der Waals surface area contributed by atoms with Crippen LogP contribution < -0.4 is 11.1 Å². The van der Waals surface area contributed by atoms with E-state index in [1.54, 1.807) is 17.7 Å². The Morgan fingerprint density at radius 1 is 1.17 bits per heavy atom. The maximum Gasteiger partial charge on any atom is 0.138 e. The molecule has 1 aromatic carbocycles. The molecule has 0 aliphatic carbocycles. The van der Waals surface area contributed by atoms with Crippen LogP contribution in [0.2, 0.25) is 0 Å². The Balaban J connectivity index is 2.00. The van der Waals surface area contributed by atoms with E-state index in [9.17, 15) is 0 Å². The number of nitrogens with two attached hydrogens (primary N) is 1. The number of fused-ring (bicyclic) bond motifs is 1. The normalized spacial score (nSPS) is 11.3. The van der Waals surface area contributed by atoms with E-state index in [1.807, 2.05) is 0 Å². The predicted molar refractivity (Wildman–Crippen MR) is 99.1 cm³/mol. The molecule has 3 aromatic rings. The lowest BCUT2D eigenvalue weighted by atomic mass is 9.99. The molecular weight excluding hydrogens is 304 g/mol. The summed E-state index contributed by atoms with van der Waals surface area (Å²) >= 11 is 1.66. The zero-order valence-electron chi connectivity index (χ0n) is 13.5. The summed E-state index contributed by atoms with van der Waals surface area (Å²) in [5, 5.41) is 6.66. The smallest absolute Gasteiger partial charge is 0.138 e. The summed E-state index contributed by atoms with van der Waals surface area (Å²) in [6.07, 6.45) is 2.54. The minimum Gasteiger partial charge on any atom is -0.369 e. The fourth-order valence-corrected chi connectivity index (χ4v) is 3.49. The van der Waals surface area contributed by atoms with Gasteiger partial charge in [-0.3, -0.25) is 0 Å². The first-order valence-electron chi connectivity index (χ1n) is 7.97. The summed E-state index contributed by atoms with van der Waals surface area (Å²) in [5.41, 5.74) is 9.32. The van der Waals surface area contributed by atoms with Gasteiger partial charge in [0.2, 0.25) is 0 Å². The molecule has 0 radical (unpaired) electrons. The van der Waals surface area contributed by atoms with Crippen LogP contribution in [0, 0.1) is 0 Å². The van der Waals surface area contributed by atoms with E-state index in [-0.39, 0.29) is 0 Å². The Kier molecular flexibility index (Phi) is 4.88. The second-order valence-electron chi connectivity index (χ2n) is 5.90. The van der Waals surface area contributed by atoms with Crippen molar-refractivity contribution in [1.82, 2.24) is 9.97 Å². The van der Waals surface area contributed by atoms with Crippen molar-refractivity contribution >= 4 is 27.4 Å². The first-order chi connectivity index (χ1) is 11.2. The second-order valence-corrected chi connectivity index (χ2v) is 6.76. The van der Waals surface area contributed by atoms with Crippen LogP contribution in [0.5, 0.6) is 0 Å². The van der Waals surface area contributed by atoms with Gasteiger partial charge in [-0.1, -0.05) is 38.1 Å². The van der Waals surface area contributed by atoms with E-state index in [1.165, 1.54) is 16.7 Å². The monoisotopic (exact) mass is 326 g/mol. The Morgan fingerprint density at radius 2 is 1.96 bits per heavy atom. The maximum atomic E-state index is 5.57. The van der Waals surface area contributed by atoms with Crippen molar-refractivity contribution < 1.29 is 0 Å². The van der Waals surface area contributed by atoms with Crippen LogP contribution in [-0.4, -0.2) is 23.1 Å². The Bertz CT molecular complexity index is 777. The van der Waals surface area contributed by atoms with E-state index in [0.717, 1.165) is 29.0 Å². The van der Waals surface area contributed by atoms with Gasteiger partial charge in [0.05, 0.1) is 5.39 Å². The number of nitrogens with zero attached hydrogens (tertiary/aromatic N) is 2. The molecule has 0 aliphatic heterocycles. The van der Waals surface area contributed by atoms with Gasteiger partial charge >= 0.3 is 0 Å². The van der Waals surface area contributed by atoms with Crippen LogP contribution in [0.1, 0.15) is 31.7 Å². The topological polar surface area (TPSA) is 63.8 Å². The van der Waals surface area contributed by atoms with Crippen molar-refractivity contribution in [2.75, 3.05) is 18.4 Å². The summed E-state index contributed by atoms with van der Waals surface area (Å²) < 4.78 is 0. The molecule has 5 heteroatoms. The van der Waals surface area contributed by atoms with Crippen LogP contribution in [0.25, 0.3) is 21.3 Å². The number of nitrogens with one attached hydrogen (secondary N) is 1. The fourth-order valence-electron chi connectivity index (χ4n) is 2.58. The van der Waals surface area contributed by atoms with E-state index in [4.69, 9.17) is 5.73 Å². The van der Waals surface area contributed by atoms with Gasteiger partial charge in [-0.05, 0) is 30.0 Å². The van der Waals surface area contributed by atoms with Gasteiger partial charge in [-0.15, -0.1) is 11.3 Å². The average Bonchev–Trinajstić information content (AvgIpc) is 3.00. The SMILES string of the molecule is CC(C)c1ccc(-c2csc3ncnc(NCCCN)c23)cc1. The van der Waals surface area contributed by atoms with Crippen LogP contribution in [0.4, 0.5) is 5.82 Å². The molecule has 0 atom stereocenters. The number of benzene rings is 1. The highest BCUT2D eigenvalue weighted by Crippen LogP contribution is 2.36. The van der Waals surface area contributed by atoms with Crippen LogP contribution in [0.15, 0.2) is 36.0 Å². The Morgan fingerprint density at radius 3 is 2.65 bits per heavy atom. The molecule has 0 saturated carbocycles. The molecule has 3 N–H and O–H groups in total. The van der Waals surface area contributed by atoms with Gasteiger partial charge in [-0.2, -0.15) is 0 Å². The van der Waals surface area contributed by atoms with E-state index in [2.05, 4.69) is 58.8 Å². The molecule has 2 aromatic heterocycles. The van der Waals surface area contributed by atoms with Gasteiger partial charge in [0.1, 0.15) is 17.0 Å². The number of hydrogen-bond donors (Lipinski definition) is 2. The number of anilines is 1. The molecule has 0 spiro atoms. The molecule has 0 fully saturated rings. The number of thiophene rings is 1. The van der Waals surface area contributed by atoms with Crippen LogP contribution in [0.3, 0.4) is 0 Å². The molecule has 0 aliphatic rings. The molecule has 0 amide bonds. The Hall–Kier alpha value is -1.98. The Labute approximate surface area is 140 Å². The minimum absolute atomic E-state index is 0.542. The second kappa shape index (κ2) is 7.06. The molecule has 4 nitrogen and oxygen atoms in total. The van der Waals surface area contributed by atoms with E-state index < -0.39 is 0 Å². The molecule has 120 valence electrons. The lowest BCUT2D eigenvalue weighted by Gasteiger charge is -2.09. The van der Waals surface area contributed by atoms with Crippen LogP contribution in [-0.2, 0) is 0 Å². The highest BCUT2D eigenvalue weighted by Gasteiger charge is 2.13. The average molecular weight is 326 g/mol. The summed E-state index contributed by atoms with van der Waals surface area (Å²) in [5.74, 6) is 1.44. The number of hydrogen-bond acceptors (Lipinski definition) is 5. The van der Waals surface area contributed by atoms with E-state index in [0.29, 0.717) is 12.5 Å². The number of rotatable bonds is 6. The van der Waals surface area contributed by atoms with Crippen LogP contribution >= 0.6 is 11.3 Å². The van der Waals surface area contributed by atoms with Crippen molar-refractivity contribution in [3.63, 3.8) is 0 Å². The predicted octanol–water partition coefficient (Wildman–Crippen LogP) is 4.24. The molecule has 3 rings (SSSR count). The van der Waals surface area contributed by atoms with Crippen molar-refractivity contribution in [3.05, 3.63) is 41.5 Å². The zero-order chi connectivity index (χ0) is 16.2. The first-order valence-corrected chi connectivity index (χ1v) is 8.85. The van der Waals surface area contributed by atoms with Crippen molar-refractivity contribution in [3.8, 4) is 11.1 Å². The van der Waals surface area contributed by atoms with E-state index >= 15 is 0 Å². The highest BCUT2D eigenvalue weighted by molar-refractivity contribution is 7.17. The maximum absolute atomic E-state index is 5.57. The summed E-state index contributed by atoms with van der Waals surface area (Å²) in [6, 6.07) is 8.78. The van der Waals surface area contributed by atoms with Gasteiger partial charge in [-0.25, -0.2) is 9.97 Å². The molecule has 23 heavy (non-hydrogen) atoms. The highest BCUT2D eigenvalue weighted by atomic mass is 32.1. The first kappa shape index (κ1) is 15.9. The molecular formula is C18H22N4S. The van der Waals surface area contributed by atoms with Gasteiger partial charge in [0, 0.05) is 17.5 Å². The van der Waals surface area contributed by atoms with Gasteiger partial charge < -0.3 is 11.1 Å².